The number of aromatic nitrogens is 2. The summed E-state index contributed by atoms with van der Waals surface area (Å²) in [6.07, 6.45) is -1.92. The van der Waals surface area contributed by atoms with E-state index in [4.69, 9.17) is 5.84 Å². The summed E-state index contributed by atoms with van der Waals surface area (Å²) in [6.45, 7) is 1.14. The molecule has 1 aromatic heterocycles. The lowest BCUT2D eigenvalue weighted by Gasteiger charge is -2.19. The minimum absolute atomic E-state index is 0.190. The zero-order valence-corrected chi connectivity index (χ0v) is 12.0. The van der Waals surface area contributed by atoms with Crippen LogP contribution in [0.1, 0.15) is 25.1 Å². The van der Waals surface area contributed by atoms with Gasteiger partial charge in [0.25, 0.3) is 0 Å². The Bertz CT molecular complexity index is 397. The first-order chi connectivity index (χ1) is 8.89. The predicted octanol–water partition coefficient (Wildman–Crippen LogP) is 2.14. The van der Waals surface area contributed by atoms with E-state index in [1.807, 2.05) is 6.92 Å². The van der Waals surface area contributed by atoms with Gasteiger partial charge >= 0.3 is 6.18 Å². The second-order valence-electron chi connectivity index (χ2n) is 3.95. The molecular formula is C10H16BrF3N4O. The number of rotatable bonds is 7. The van der Waals surface area contributed by atoms with Gasteiger partial charge in [-0.05, 0) is 22.4 Å². The molecule has 0 aliphatic carbocycles. The molecule has 0 aliphatic heterocycles. The van der Waals surface area contributed by atoms with Gasteiger partial charge in [-0.3, -0.25) is 10.5 Å². The van der Waals surface area contributed by atoms with Gasteiger partial charge in [0, 0.05) is 6.54 Å². The summed E-state index contributed by atoms with van der Waals surface area (Å²) < 4.78 is 43.1. The summed E-state index contributed by atoms with van der Waals surface area (Å²) in [5.74, 6) is 5.37. The Hall–Kier alpha value is -0.640. The van der Waals surface area contributed by atoms with Crippen molar-refractivity contribution >= 4 is 15.9 Å². The average Bonchev–Trinajstić information content (AvgIpc) is 2.66. The fraction of sp³-hybridized carbons (Fsp3) is 0.700. The van der Waals surface area contributed by atoms with Crippen molar-refractivity contribution in [2.75, 3.05) is 13.2 Å². The Balaban J connectivity index is 2.71. The van der Waals surface area contributed by atoms with E-state index in [1.54, 1.807) is 10.9 Å². The summed E-state index contributed by atoms with van der Waals surface area (Å²) in [6, 6.07) is -0.564. The molecule has 1 aromatic rings. The maximum Gasteiger partial charge on any atom is 0.411 e. The molecule has 1 heterocycles. The second kappa shape index (κ2) is 7.22. The van der Waals surface area contributed by atoms with Gasteiger partial charge in [-0.15, -0.1) is 0 Å². The highest BCUT2D eigenvalue weighted by molar-refractivity contribution is 9.10. The van der Waals surface area contributed by atoms with Gasteiger partial charge in [-0.2, -0.15) is 18.3 Å². The topological polar surface area (TPSA) is 65.1 Å². The predicted molar refractivity (Wildman–Crippen MR) is 67.2 cm³/mol. The number of nitrogens with zero attached hydrogens (tertiary/aromatic N) is 2. The number of ether oxygens (including phenoxy) is 1. The van der Waals surface area contributed by atoms with Crippen molar-refractivity contribution in [3.05, 3.63) is 16.4 Å². The highest BCUT2D eigenvalue weighted by Gasteiger charge is 2.28. The van der Waals surface area contributed by atoms with Crippen LogP contribution in [0.15, 0.2) is 10.7 Å². The number of nitrogens with two attached hydrogens (primary N) is 1. The molecule has 9 heteroatoms. The van der Waals surface area contributed by atoms with E-state index in [9.17, 15) is 13.2 Å². The number of alkyl halides is 3. The van der Waals surface area contributed by atoms with Crippen LogP contribution < -0.4 is 11.3 Å². The van der Waals surface area contributed by atoms with Crippen molar-refractivity contribution < 1.29 is 17.9 Å². The van der Waals surface area contributed by atoms with Crippen LogP contribution in [0.25, 0.3) is 0 Å². The van der Waals surface area contributed by atoms with Crippen LogP contribution >= 0.6 is 15.9 Å². The first-order valence-electron chi connectivity index (χ1n) is 5.70. The second-order valence-corrected chi connectivity index (χ2v) is 4.80. The third-order valence-corrected chi connectivity index (χ3v) is 2.96. The summed E-state index contributed by atoms with van der Waals surface area (Å²) >= 11 is 3.30. The van der Waals surface area contributed by atoms with E-state index in [0.29, 0.717) is 16.7 Å². The Morgan fingerprint density at radius 2 is 2.26 bits per heavy atom. The van der Waals surface area contributed by atoms with E-state index in [1.165, 1.54) is 0 Å². The smallest absolute Gasteiger partial charge is 0.370 e. The SMILES string of the molecule is CCCn1ncc(Br)c1C(COCC(F)(F)F)NN. The van der Waals surface area contributed by atoms with Crippen LogP contribution in [0.3, 0.4) is 0 Å². The number of nitrogens with one attached hydrogen (secondary N) is 1. The van der Waals surface area contributed by atoms with Gasteiger partial charge in [-0.25, -0.2) is 5.43 Å². The molecule has 0 aliphatic rings. The first kappa shape index (κ1) is 16.4. The molecule has 1 rings (SSSR count). The van der Waals surface area contributed by atoms with Crippen LogP contribution in [0.2, 0.25) is 0 Å². The van der Waals surface area contributed by atoms with Crippen LogP contribution in [0.5, 0.6) is 0 Å². The highest BCUT2D eigenvalue weighted by atomic mass is 79.9. The minimum atomic E-state index is -4.35. The Labute approximate surface area is 117 Å². The van der Waals surface area contributed by atoms with Crippen molar-refractivity contribution in [3.8, 4) is 0 Å². The summed E-state index contributed by atoms with van der Waals surface area (Å²) in [7, 11) is 0. The quantitative estimate of drug-likeness (QED) is 0.587. The Kier molecular flexibility index (Phi) is 6.24. The van der Waals surface area contributed by atoms with Gasteiger partial charge in [0.15, 0.2) is 0 Å². The first-order valence-corrected chi connectivity index (χ1v) is 6.50. The van der Waals surface area contributed by atoms with Gasteiger partial charge < -0.3 is 4.74 Å². The number of hydrogen-bond acceptors (Lipinski definition) is 4. The van der Waals surface area contributed by atoms with E-state index in [2.05, 4.69) is 31.2 Å². The lowest BCUT2D eigenvalue weighted by molar-refractivity contribution is -0.175. The molecule has 0 fully saturated rings. The number of hydrogen-bond donors (Lipinski definition) is 2. The number of aryl methyl sites for hydroxylation is 1. The van der Waals surface area contributed by atoms with Crippen molar-refractivity contribution in [3.63, 3.8) is 0 Å². The van der Waals surface area contributed by atoms with Gasteiger partial charge in [-0.1, -0.05) is 6.92 Å². The van der Waals surface area contributed by atoms with Crippen molar-refractivity contribution in [2.45, 2.75) is 32.1 Å². The monoisotopic (exact) mass is 344 g/mol. The molecule has 0 saturated heterocycles. The van der Waals surface area contributed by atoms with Crippen LogP contribution in [-0.4, -0.2) is 29.2 Å². The molecule has 0 amide bonds. The van der Waals surface area contributed by atoms with Crippen LogP contribution in [0, 0.1) is 0 Å². The molecule has 3 N–H and O–H groups in total. The molecule has 5 nitrogen and oxygen atoms in total. The highest BCUT2D eigenvalue weighted by Crippen LogP contribution is 2.24. The normalized spacial score (nSPS) is 13.8. The lowest BCUT2D eigenvalue weighted by Crippen LogP contribution is -2.34. The largest absolute Gasteiger partial charge is 0.411 e. The molecule has 0 spiro atoms. The fourth-order valence-corrected chi connectivity index (χ4v) is 2.18. The van der Waals surface area contributed by atoms with Gasteiger partial charge in [0.05, 0.1) is 29.0 Å². The average molecular weight is 345 g/mol. The molecule has 0 aromatic carbocycles. The molecule has 19 heavy (non-hydrogen) atoms. The lowest BCUT2D eigenvalue weighted by atomic mass is 10.2. The van der Waals surface area contributed by atoms with Crippen LogP contribution in [-0.2, 0) is 11.3 Å². The third-order valence-electron chi connectivity index (χ3n) is 2.35. The standard InChI is InChI=1S/C10H16BrF3N4O/c1-2-3-18-9(7(11)4-16-18)8(17-15)5-19-6-10(12,13)14/h4,8,17H,2-3,5-6,15H2,1H3. The minimum Gasteiger partial charge on any atom is -0.370 e. The molecule has 1 atom stereocenters. The van der Waals surface area contributed by atoms with Crippen molar-refractivity contribution in [1.29, 1.82) is 0 Å². The van der Waals surface area contributed by atoms with Crippen molar-refractivity contribution in [2.24, 2.45) is 5.84 Å². The van der Waals surface area contributed by atoms with E-state index >= 15 is 0 Å². The molecule has 110 valence electrons. The summed E-state index contributed by atoms with van der Waals surface area (Å²) in [4.78, 5) is 0. The van der Waals surface area contributed by atoms with E-state index < -0.39 is 18.8 Å². The van der Waals surface area contributed by atoms with Gasteiger partial charge in [0.2, 0.25) is 0 Å². The van der Waals surface area contributed by atoms with Gasteiger partial charge in [0.1, 0.15) is 6.61 Å². The number of halogens is 4. The van der Waals surface area contributed by atoms with Crippen LogP contribution in [0.4, 0.5) is 13.2 Å². The molecule has 1 unspecified atom stereocenters. The fourth-order valence-electron chi connectivity index (χ4n) is 1.61. The third kappa shape index (κ3) is 5.09. The summed E-state index contributed by atoms with van der Waals surface area (Å²) in [5.41, 5.74) is 3.12. The Morgan fingerprint density at radius 1 is 1.58 bits per heavy atom. The maximum atomic E-state index is 12.0. The zero-order valence-electron chi connectivity index (χ0n) is 10.4. The molecule has 0 radical (unpaired) electrons. The number of hydrazine groups is 1. The molecular weight excluding hydrogens is 329 g/mol. The molecule has 0 bridgehead atoms. The zero-order chi connectivity index (χ0) is 14.5. The maximum absolute atomic E-state index is 12.0. The van der Waals surface area contributed by atoms with E-state index in [-0.39, 0.29) is 6.61 Å². The summed E-state index contributed by atoms with van der Waals surface area (Å²) in [5, 5.41) is 4.13. The van der Waals surface area contributed by atoms with E-state index in [0.717, 1.165) is 6.42 Å². The Morgan fingerprint density at radius 3 is 2.79 bits per heavy atom. The van der Waals surface area contributed by atoms with Crippen molar-refractivity contribution in [1.82, 2.24) is 15.2 Å². The molecule has 0 saturated carbocycles.